The lowest BCUT2D eigenvalue weighted by atomic mass is 10.1. The molecule has 0 spiro atoms. The van der Waals surface area contributed by atoms with E-state index in [-0.39, 0.29) is 5.91 Å². The minimum Gasteiger partial charge on any atom is -0.353 e. The number of benzene rings is 2. The Labute approximate surface area is 176 Å². The highest BCUT2D eigenvalue weighted by Crippen LogP contribution is 2.28. The Hall–Kier alpha value is -3.05. The van der Waals surface area contributed by atoms with E-state index in [1.54, 1.807) is 6.20 Å². The van der Waals surface area contributed by atoms with Gasteiger partial charge in [0.05, 0.1) is 16.3 Å². The molecule has 6 heteroatoms. The molecule has 3 aromatic rings. The van der Waals surface area contributed by atoms with Gasteiger partial charge in [-0.2, -0.15) is 0 Å². The van der Waals surface area contributed by atoms with Gasteiger partial charge in [0.15, 0.2) is 0 Å². The van der Waals surface area contributed by atoms with Crippen LogP contribution in [0, 0.1) is 0 Å². The molecule has 0 saturated carbocycles. The maximum absolute atomic E-state index is 13.3. The first-order valence-corrected chi connectivity index (χ1v) is 10.0. The molecule has 1 aliphatic rings. The van der Waals surface area contributed by atoms with E-state index in [0.29, 0.717) is 18.1 Å². The van der Waals surface area contributed by atoms with Gasteiger partial charge in [0, 0.05) is 45.1 Å². The quantitative estimate of drug-likeness (QED) is 0.641. The Morgan fingerprint density at radius 2 is 1.62 bits per heavy atom. The predicted octanol–water partition coefficient (Wildman–Crippen LogP) is 4.47. The second-order valence-electron chi connectivity index (χ2n) is 7.03. The van der Waals surface area contributed by atoms with Crippen LogP contribution in [-0.4, -0.2) is 49.0 Å². The summed E-state index contributed by atoms with van der Waals surface area (Å²) in [6.45, 7) is 2.81. The van der Waals surface area contributed by atoms with Gasteiger partial charge in [-0.25, -0.2) is 4.98 Å². The molecule has 2 aromatic carbocycles. The van der Waals surface area contributed by atoms with Gasteiger partial charge in [-0.3, -0.25) is 4.79 Å². The predicted molar refractivity (Wildman–Crippen MR) is 118 cm³/mol. The summed E-state index contributed by atoms with van der Waals surface area (Å²) in [5.41, 5.74) is 2.67. The van der Waals surface area contributed by atoms with E-state index in [1.165, 1.54) is 0 Å². The van der Waals surface area contributed by atoms with Gasteiger partial charge < -0.3 is 14.7 Å². The van der Waals surface area contributed by atoms with Crippen molar-refractivity contribution < 1.29 is 4.79 Å². The SMILES string of the molecule is CN(c1ccccc1)c1ccccc1C(=O)N1CCN(c2ccc(Cl)cn2)CC1. The minimum absolute atomic E-state index is 0.0621. The number of anilines is 3. The zero-order valence-electron chi connectivity index (χ0n) is 16.3. The van der Waals surface area contributed by atoms with E-state index >= 15 is 0 Å². The first-order chi connectivity index (χ1) is 14.1. The summed E-state index contributed by atoms with van der Waals surface area (Å²) in [4.78, 5) is 23.8. The van der Waals surface area contributed by atoms with Crippen LogP contribution in [0.4, 0.5) is 17.2 Å². The standard InChI is InChI=1S/C23H23ClN4O/c1-26(19-7-3-2-4-8-19)21-10-6-5-9-20(21)23(29)28-15-13-27(14-16-28)22-12-11-18(24)17-25-22/h2-12,17H,13-16H2,1H3. The number of piperazine rings is 1. The van der Waals surface area contributed by atoms with E-state index in [0.717, 1.165) is 35.8 Å². The van der Waals surface area contributed by atoms with E-state index in [9.17, 15) is 4.79 Å². The van der Waals surface area contributed by atoms with E-state index < -0.39 is 0 Å². The average Bonchev–Trinajstić information content (AvgIpc) is 2.79. The highest BCUT2D eigenvalue weighted by molar-refractivity contribution is 6.30. The maximum Gasteiger partial charge on any atom is 0.256 e. The zero-order valence-corrected chi connectivity index (χ0v) is 17.1. The number of hydrogen-bond donors (Lipinski definition) is 0. The topological polar surface area (TPSA) is 39.7 Å². The summed E-state index contributed by atoms with van der Waals surface area (Å²) in [5, 5.41) is 0.627. The lowest BCUT2D eigenvalue weighted by Crippen LogP contribution is -2.49. The third kappa shape index (κ3) is 4.20. The number of nitrogens with zero attached hydrogens (tertiary/aromatic N) is 4. The van der Waals surface area contributed by atoms with E-state index in [1.807, 2.05) is 78.7 Å². The van der Waals surface area contributed by atoms with Gasteiger partial charge in [-0.15, -0.1) is 0 Å². The van der Waals surface area contributed by atoms with E-state index in [4.69, 9.17) is 11.6 Å². The molecule has 5 nitrogen and oxygen atoms in total. The largest absolute Gasteiger partial charge is 0.353 e. The lowest BCUT2D eigenvalue weighted by molar-refractivity contribution is 0.0747. The third-order valence-corrected chi connectivity index (χ3v) is 5.47. The number of amides is 1. The molecule has 1 amide bonds. The Balaban J connectivity index is 1.49. The molecule has 1 aliphatic heterocycles. The molecule has 29 heavy (non-hydrogen) atoms. The average molecular weight is 407 g/mol. The molecule has 0 unspecified atom stereocenters. The maximum atomic E-state index is 13.3. The Morgan fingerprint density at radius 3 is 2.31 bits per heavy atom. The molecule has 0 aliphatic carbocycles. The van der Waals surface area contributed by atoms with Crippen LogP contribution in [0.3, 0.4) is 0 Å². The fourth-order valence-corrected chi connectivity index (χ4v) is 3.71. The normalized spacial score (nSPS) is 14.0. The molecule has 1 fully saturated rings. The van der Waals surface area contributed by atoms with Gasteiger partial charge in [0.1, 0.15) is 5.82 Å². The first-order valence-electron chi connectivity index (χ1n) is 9.67. The van der Waals surface area contributed by atoms with Crippen molar-refractivity contribution in [3.05, 3.63) is 83.5 Å². The Bertz CT molecular complexity index is 970. The molecule has 2 heterocycles. The summed E-state index contributed by atoms with van der Waals surface area (Å²) in [5.74, 6) is 0.956. The Kier molecular flexibility index (Phi) is 5.67. The van der Waals surface area contributed by atoms with Crippen LogP contribution in [-0.2, 0) is 0 Å². The summed E-state index contributed by atoms with van der Waals surface area (Å²) >= 11 is 5.93. The van der Waals surface area contributed by atoms with E-state index in [2.05, 4.69) is 14.8 Å². The van der Waals surface area contributed by atoms with Gasteiger partial charge >= 0.3 is 0 Å². The van der Waals surface area contributed by atoms with Gasteiger partial charge in [0.2, 0.25) is 0 Å². The molecule has 0 N–H and O–H groups in total. The first kappa shape index (κ1) is 19.3. The van der Waals surface area contributed by atoms with Crippen LogP contribution >= 0.6 is 11.6 Å². The van der Waals surface area contributed by atoms with Crippen molar-refractivity contribution in [2.75, 3.05) is 43.0 Å². The third-order valence-electron chi connectivity index (χ3n) is 5.24. The highest BCUT2D eigenvalue weighted by atomic mass is 35.5. The van der Waals surface area contributed by atoms with Crippen molar-refractivity contribution in [3.63, 3.8) is 0 Å². The number of pyridine rings is 1. The van der Waals surface area contributed by atoms with Crippen LogP contribution in [0.15, 0.2) is 72.9 Å². The van der Waals surface area contributed by atoms with Crippen LogP contribution in [0.25, 0.3) is 0 Å². The van der Waals surface area contributed by atoms with Crippen molar-refractivity contribution in [1.82, 2.24) is 9.88 Å². The number of halogens is 1. The molecule has 1 aromatic heterocycles. The van der Waals surface area contributed by atoms with Crippen LogP contribution in [0.5, 0.6) is 0 Å². The van der Waals surface area contributed by atoms with Crippen molar-refractivity contribution in [2.45, 2.75) is 0 Å². The fourth-order valence-electron chi connectivity index (χ4n) is 3.60. The number of carbonyl (C=O) groups excluding carboxylic acids is 1. The minimum atomic E-state index is 0.0621. The summed E-state index contributed by atoms with van der Waals surface area (Å²) in [7, 11) is 1.99. The molecule has 0 atom stereocenters. The molecule has 0 radical (unpaired) electrons. The second-order valence-corrected chi connectivity index (χ2v) is 7.46. The summed E-state index contributed by atoms with van der Waals surface area (Å²) in [6.07, 6.45) is 1.66. The molecule has 0 bridgehead atoms. The number of hydrogen-bond acceptors (Lipinski definition) is 4. The molecular weight excluding hydrogens is 384 g/mol. The van der Waals surface area contributed by atoms with Crippen LogP contribution in [0.2, 0.25) is 5.02 Å². The molecule has 148 valence electrons. The van der Waals surface area contributed by atoms with Crippen molar-refractivity contribution in [3.8, 4) is 0 Å². The van der Waals surface area contributed by atoms with Crippen LogP contribution in [0.1, 0.15) is 10.4 Å². The number of rotatable bonds is 4. The van der Waals surface area contributed by atoms with Crippen molar-refractivity contribution in [2.24, 2.45) is 0 Å². The molecule has 1 saturated heterocycles. The highest BCUT2D eigenvalue weighted by Gasteiger charge is 2.25. The van der Waals surface area contributed by atoms with Crippen molar-refractivity contribution >= 4 is 34.7 Å². The lowest BCUT2D eigenvalue weighted by Gasteiger charge is -2.36. The zero-order chi connectivity index (χ0) is 20.2. The molecule has 4 rings (SSSR count). The smallest absolute Gasteiger partial charge is 0.256 e. The van der Waals surface area contributed by atoms with Gasteiger partial charge in [-0.1, -0.05) is 41.9 Å². The molecular formula is C23H23ClN4O. The number of carbonyl (C=O) groups is 1. The Morgan fingerprint density at radius 1 is 0.931 bits per heavy atom. The monoisotopic (exact) mass is 406 g/mol. The van der Waals surface area contributed by atoms with Crippen LogP contribution < -0.4 is 9.80 Å². The summed E-state index contributed by atoms with van der Waals surface area (Å²) in [6, 6.07) is 21.6. The second kappa shape index (κ2) is 8.53. The number of aromatic nitrogens is 1. The number of para-hydroxylation sites is 2. The van der Waals surface area contributed by atoms with Gasteiger partial charge in [0.25, 0.3) is 5.91 Å². The fraction of sp³-hybridized carbons (Fsp3) is 0.217. The summed E-state index contributed by atoms with van der Waals surface area (Å²) < 4.78 is 0. The van der Waals surface area contributed by atoms with Crippen molar-refractivity contribution in [1.29, 1.82) is 0 Å². The van der Waals surface area contributed by atoms with Gasteiger partial charge in [-0.05, 0) is 36.4 Å².